The highest BCUT2D eigenvalue weighted by Crippen LogP contribution is 2.19. The number of nitrogens with zero attached hydrogens (tertiary/aromatic N) is 1. The third kappa shape index (κ3) is 3.32. The van der Waals surface area contributed by atoms with Crippen molar-refractivity contribution in [2.24, 2.45) is 0 Å². The maximum atomic E-state index is 12.1. The lowest BCUT2D eigenvalue weighted by Gasteiger charge is -2.08. The van der Waals surface area contributed by atoms with E-state index in [4.69, 9.17) is 5.73 Å². The standard InChI is InChI=1S/C14H14BrN3O/c1-9-3-2-6-17-13(9)8-18-14(19)11-7-10(16)4-5-12(11)15/h2-7H,8,16H2,1H3,(H,18,19). The summed E-state index contributed by atoms with van der Waals surface area (Å²) in [5.74, 6) is -0.177. The zero-order valence-electron chi connectivity index (χ0n) is 10.5. The second-order valence-electron chi connectivity index (χ2n) is 4.19. The predicted octanol–water partition coefficient (Wildman–Crippen LogP) is 2.66. The first kappa shape index (κ1) is 13.5. The van der Waals surface area contributed by atoms with Crippen LogP contribution in [0.4, 0.5) is 5.69 Å². The number of benzene rings is 1. The molecule has 19 heavy (non-hydrogen) atoms. The van der Waals surface area contributed by atoms with E-state index >= 15 is 0 Å². The molecular formula is C14H14BrN3O. The lowest BCUT2D eigenvalue weighted by atomic mass is 10.2. The minimum atomic E-state index is -0.177. The highest BCUT2D eigenvalue weighted by atomic mass is 79.9. The second kappa shape index (κ2) is 5.84. The molecule has 1 heterocycles. The van der Waals surface area contributed by atoms with Gasteiger partial charge in [-0.05, 0) is 52.7 Å². The summed E-state index contributed by atoms with van der Waals surface area (Å²) in [4.78, 5) is 16.3. The zero-order valence-corrected chi connectivity index (χ0v) is 12.1. The molecule has 0 saturated carbocycles. The van der Waals surface area contributed by atoms with E-state index < -0.39 is 0 Å². The average Bonchev–Trinajstić information content (AvgIpc) is 2.40. The van der Waals surface area contributed by atoms with Gasteiger partial charge in [-0.25, -0.2) is 0 Å². The van der Waals surface area contributed by atoms with Crippen molar-refractivity contribution in [1.82, 2.24) is 10.3 Å². The van der Waals surface area contributed by atoms with E-state index in [9.17, 15) is 4.79 Å². The number of halogens is 1. The third-order valence-electron chi connectivity index (χ3n) is 2.77. The molecule has 0 radical (unpaired) electrons. The predicted molar refractivity (Wildman–Crippen MR) is 78.7 cm³/mol. The molecule has 0 aliphatic heterocycles. The van der Waals surface area contributed by atoms with Crippen LogP contribution in [-0.4, -0.2) is 10.9 Å². The Morgan fingerprint density at radius 2 is 2.21 bits per heavy atom. The first-order valence-electron chi connectivity index (χ1n) is 5.81. The summed E-state index contributed by atoms with van der Waals surface area (Å²) in [5, 5.41) is 2.84. The molecule has 1 aromatic heterocycles. The summed E-state index contributed by atoms with van der Waals surface area (Å²) in [6, 6.07) is 8.98. The van der Waals surface area contributed by atoms with Crippen LogP contribution in [0.1, 0.15) is 21.6 Å². The molecule has 0 atom stereocenters. The number of nitrogen functional groups attached to an aromatic ring is 1. The Morgan fingerprint density at radius 3 is 2.95 bits per heavy atom. The molecule has 0 bridgehead atoms. The zero-order chi connectivity index (χ0) is 13.8. The number of anilines is 1. The van der Waals surface area contributed by atoms with Crippen molar-refractivity contribution in [1.29, 1.82) is 0 Å². The lowest BCUT2D eigenvalue weighted by Crippen LogP contribution is -2.24. The summed E-state index contributed by atoms with van der Waals surface area (Å²) in [6.45, 7) is 2.36. The van der Waals surface area contributed by atoms with Crippen LogP contribution in [-0.2, 0) is 6.54 Å². The molecule has 2 rings (SSSR count). The molecule has 1 aromatic carbocycles. The molecule has 0 spiro atoms. The van der Waals surface area contributed by atoms with Crippen molar-refractivity contribution in [3.8, 4) is 0 Å². The molecule has 3 N–H and O–H groups in total. The van der Waals surface area contributed by atoms with Gasteiger partial charge in [0.15, 0.2) is 0 Å². The summed E-state index contributed by atoms with van der Waals surface area (Å²) < 4.78 is 0.719. The first-order chi connectivity index (χ1) is 9.08. The summed E-state index contributed by atoms with van der Waals surface area (Å²) in [6.07, 6.45) is 1.71. The van der Waals surface area contributed by atoms with E-state index in [1.807, 2.05) is 19.1 Å². The number of carbonyl (C=O) groups is 1. The average molecular weight is 320 g/mol. The lowest BCUT2D eigenvalue weighted by molar-refractivity contribution is 0.0949. The van der Waals surface area contributed by atoms with Crippen LogP contribution in [0, 0.1) is 6.92 Å². The Morgan fingerprint density at radius 1 is 1.42 bits per heavy atom. The van der Waals surface area contributed by atoms with Gasteiger partial charge in [-0.1, -0.05) is 6.07 Å². The normalized spacial score (nSPS) is 10.2. The van der Waals surface area contributed by atoms with E-state index in [0.717, 1.165) is 15.7 Å². The number of rotatable bonds is 3. The van der Waals surface area contributed by atoms with E-state index in [2.05, 4.69) is 26.2 Å². The van der Waals surface area contributed by atoms with Crippen LogP contribution in [0.25, 0.3) is 0 Å². The molecule has 0 saturated heterocycles. The quantitative estimate of drug-likeness (QED) is 0.855. The molecule has 98 valence electrons. The maximum Gasteiger partial charge on any atom is 0.252 e. The van der Waals surface area contributed by atoms with E-state index in [1.165, 1.54) is 0 Å². The molecule has 2 aromatic rings. The fourth-order valence-electron chi connectivity index (χ4n) is 1.68. The number of hydrogen-bond donors (Lipinski definition) is 2. The minimum absolute atomic E-state index is 0.177. The van der Waals surface area contributed by atoms with Gasteiger partial charge in [-0.2, -0.15) is 0 Å². The van der Waals surface area contributed by atoms with Crippen LogP contribution < -0.4 is 11.1 Å². The number of amides is 1. The van der Waals surface area contributed by atoms with Crippen LogP contribution in [0.3, 0.4) is 0 Å². The summed E-state index contributed by atoms with van der Waals surface area (Å²) in [7, 11) is 0. The number of aryl methyl sites for hydroxylation is 1. The number of nitrogens with one attached hydrogen (secondary N) is 1. The Bertz CT molecular complexity index is 613. The van der Waals surface area contributed by atoms with Crippen molar-refractivity contribution < 1.29 is 4.79 Å². The van der Waals surface area contributed by atoms with Crippen LogP contribution in [0.2, 0.25) is 0 Å². The van der Waals surface area contributed by atoms with E-state index in [1.54, 1.807) is 24.4 Å². The monoisotopic (exact) mass is 319 g/mol. The van der Waals surface area contributed by atoms with Crippen LogP contribution >= 0.6 is 15.9 Å². The molecular weight excluding hydrogens is 306 g/mol. The fourth-order valence-corrected chi connectivity index (χ4v) is 2.11. The second-order valence-corrected chi connectivity index (χ2v) is 5.04. The topological polar surface area (TPSA) is 68.0 Å². The van der Waals surface area contributed by atoms with Gasteiger partial charge >= 0.3 is 0 Å². The Labute approximate surface area is 120 Å². The number of nitrogens with two attached hydrogens (primary N) is 1. The summed E-state index contributed by atoms with van der Waals surface area (Å²) in [5.41, 5.74) is 8.67. The molecule has 1 amide bonds. The van der Waals surface area contributed by atoms with Crippen molar-refractivity contribution in [3.63, 3.8) is 0 Å². The van der Waals surface area contributed by atoms with Gasteiger partial charge in [0.25, 0.3) is 5.91 Å². The van der Waals surface area contributed by atoms with Crippen molar-refractivity contribution in [3.05, 3.63) is 57.8 Å². The Kier molecular flexibility index (Phi) is 4.16. The molecule has 0 unspecified atom stereocenters. The van der Waals surface area contributed by atoms with Gasteiger partial charge in [-0.15, -0.1) is 0 Å². The number of aromatic nitrogens is 1. The smallest absolute Gasteiger partial charge is 0.252 e. The van der Waals surface area contributed by atoms with E-state index in [0.29, 0.717) is 17.8 Å². The Balaban J connectivity index is 2.10. The SMILES string of the molecule is Cc1cccnc1CNC(=O)c1cc(N)ccc1Br. The largest absolute Gasteiger partial charge is 0.399 e. The van der Waals surface area contributed by atoms with Gasteiger partial charge in [0.2, 0.25) is 0 Å². The molecule has 4 nitrogen and oxygen atoms in total. The van der Waals surface area contributed by atoms with Crippen molar-refractivity contribution in [2.75, 3.05) is 5.73 Å². The third-order valence-corrected chi connectivity index (χ3v) is 3.46. The molecule has 0 fully saturated rings. The molecule has 0 aliphatic rings. The molecule has 5 heteroatoms. The number of pyridine rings is 1. The highest BCUT2D eigenvalue weighted by molar-refractivity contribution is 9.10. The van der Waals surface area contributed by atoms with Gasteiger partial charge in [0.05, 0.1) is 17.8 Å². The number of hydrogen-bond acceptors (Lipinski definition) is 3. The summed E-state index contributed by atoms with van der Waals surface area (Å²) >= 11 is 3.34. The van der Waals surface area contributed by atoms with Crippen molar-refractivity contribution in [2.45, 2.75) is 13.5 Å². The van der Waals surface area contributed by atoms with Crippen LogP contribution in [0.15, 0.2) is 41.0 Å². The van der Waals surface area contributed by atoms with Gasteiger partial charge in [0, 0.05) is 16.4 Å². The Hall–Kier alpha value is -1.88. The van der Waals surface area contributed by atoms with Gasteiger partial charge in [-0.3, -0.25) is 9.78 Å². The molecule has 0 aliphatic carbocycles. The van der Waals surface area contributed by atoms with Crippen LogP contribution in [0.5, 0.6) is 0 Å². The minimum Gasteiger partial charge on any atom is -0.399 e. The van der Waals surface area contributed by atoms with E-state index in [-0.39, 0.29) is 5.91 Å². The van der Waals surface area contributed by atoms with Crippen molar-refractivity contribution >= 4 is 27.5 Å². The maximum absolute atomic E-state index is 12.1. The first-order valence-corrected chi connectivity index (χ1v) is 6.61. The van der Waals surface area contributed by atoms with Gasteiger partial charge < -0.3 is 11.1 Å². The number of carbonyl (C=O) groups excluding carboxylic acids is 1. The highest BCUT2D eigenvalue weighted by Gasteiger charge is 2.10. The van der Waals surface area contributed by atoms with Gasteiger partial charge in [0.1, 0.15) is 0 Å². The fraction of sp³-hybridized carbons (Fsp3) is 0.143.